The Morgan fingerprint density at radius 3 is 2.58 bits per heavy atom. The predicted molar refractivity (Wildman–Crippen MR) is 49.5 cm³/mol. The van der Waals surface area contributed by atoms with Gasteiger partial charge >= 0.3 is 0 Å². The standard InChI is InChI=1S/C9H14N2O/c1-6(10)9(12)7-3-2-4-8(11)5-7/h2-6,9,12H,10-11H2,1H3/t6-,9-/m1/s1. The Kier molecular flexibility index (Phi) is 2.68. The number of benzene rings is 1. The lowest BCUT2D eigenvalue weighted by molar-refractivity contribution is 0.153. The summed E-state index contributed by atoms with van der Waals surface area (Å²) >= 11 is 0. The van der Waals surface area contributed by atoms with E-state index >= 15 is 0 Å². The van der Waals surface area contributed by atoms with Gasteiger partial charge in [0.1, 0.15) is 0 Å². The lowest BCUT2D eigenvalue weighted by Crippen LogP contribution is -2.24. The fourth-order valence-corrected chi connectivity index (χ4v) is 1.05. The lowest BCUT2D eigenvalue weighted by Gasteiger charge is -2.14. The first-order chi connectivity index (χ1) is 5.61. The summed E-state index contributed by atoms with van der Waals surface area (Å²) in [4.78, 5) is 0. The van der Waals surface area contributed by atoms with E-state index in [2.05, 4.69) is 0 Å². The van der Waals surface area contributed by atoms with Crippen LogP contribution in [-0.4, -0.2) is 11.1 Å². The smallest absolute Gasteiger partial charge is 0.0938 e. The number of aliphatic hydroxyl groups excluding tert-OH is 1. The van der Waals surface area contributed by atoms with E-state index < -0.39 is 6.10 Å². The van der Waals surface area contributed by atoms with Crippen molar-refractivity contribution in [1.82, 2.24) is 0 Å². The van der Waals surface area contributed by atoms with Crippen LogP contribution in [0.1, 0.15) is 18.6 Å². The van der Waals surface area contributed by atoms with Crippen LogP contribution in [0, 0.1) is 0 Å². The highest BCUT2D eigenvalue weighted by atomic mass is 16.3. The van der Waals surface area contributed by atoms with Gasteiger partial charge in [-0.15, -0.1) is 0 Å². The molecule has 0 saturated carbocycles. The van der Waals surface area contributed by atoms with Crippen LogP contribution in [0.25, 0.3) is 0 Å². The van der Waals surface area contributed by atoms with Gasteiger partial charge in [-0.3, -0.25) is 0 Å². The molecule has 0 aliphatic carbocycles. The van der Waals surface area contributed by atoms with E-state index in [1.807, 2.05) is 6.07 Å². The maximum atomic E-state index is 9.54. The third kappa shape index (κ3) is 1.96. The van der Waals surface area contributed by atoms with Crippen molar-refractivity contribution in [2.75, 3.05) is 5.73 Å². The Balaban J connectivity index is 2.88. The van der Waals surface area contributed by atoms with Crippen molar-refractivity contribution in [3.8, 4) is 0 Å². The van der Waals surface area contributed by atoms with E-state index in [-0.39, 0.29) is 6.04 Å². The van der Waals surface area contributed by atoms with Crippen molar-refractivity contribution in [1.29, 1.82) is 0 Å². The molecule has 0 unspecified atom stereocenters. The van der Waals surface area contributed by atoms with Crippen LogP contribution in [0.5, 0.6) is 0 Å². The van der Waals surface area contributed by atoms with E-state index in [0.717, 1.165) is 5.56 Å². The number of hydrogen-bond donors (Lipinski definition) is 3. The first-order valence-corrected chi connectivity index (χ1v) is 3.90. The highest BCUT2D eigenvalue weighted by Gasteiger charge is 2.11. The molecule has 0 spiro atoms. The summed E-state index contributed by atoms with van der Waals surface area (Å²) in [5.74, 6) is 0. The van der Waals surface area contributed by atoms with Gasteiger partial charge in [-0.1, -0.05) is 12.1 Å². The van der Waals surface area contributed by atoms with Gasteiger partial charge in [0.2, 0.25) is 0 Å². The molecule has 0 saturated heterocycles. The molecule has 0 heterocycles. The number of anilines is 1. The van der Waals surface area contributed by atoms with Gasteiger partial charge < -0.3 is 16.6 Å². The first-order valence-electron chi connectivity index (χ1n) is 3.90. The SMILES string of the molecule is C[C@@H](N)[C@@H](O)c1cccc(N)c1. The normalized spacial score (nSPS) is 15.6. The van der Waals surface area contributed by atoms with Crippen molar-refractivity contribution in [3.05, 3.63) is 29.8 Å². The molecule has 0 amide bonds. The quantitative estimate of drug-likeness (QED) is 0.565. The van der Waals surface area contributed by atoms with Crippen LogP contribution in [0.15, 0.2) is 24.3 Å². The van der Waals surface area contributed by atoms with Crippen LogP contribution in [-0.2, 0) is 0 Å². The molecule has 3 heteroatoms. The first kappa shape index (κ1) is 9.03. The minimum absolute atomic E-state index is 0.271. The summed E-state index contributed by atoms with van der Waals surface area (Å²) in [5.41, 5.74) is 12.5. The molecule has 0 bridgehead atoms. The second kappa shape index (κ2) is 3.56. The zero-order valence-electron chi connectivity index (χ0n) is 7.07. The van der Waals surface area contributed by atoms with Crippen LogP contribution in [0.2, 0.25) is 0 Å². The molecule has 0 aromatic heterocycles. The van der Waals surface area contributed by atoms with Crippen LogP contribution < -0.4 is 11.5 Å². The molecule has 66 valence electrons. The zero-order chi connectivity index (χ0) is 9.14. The second-order valence-electron chi connectivity index (χ2n) is 2.97. The number of nitrogen functional groups attached to an aromatic ring is 1. The highest BCUT2D eigenvalue weighted by molar-refractivity contribution is 5.41. The fraction of sp³-hybridized carbons (Fsp3) is 0.333. The number of aliphatic hydroxyl groups is 1. The van der Waals surface area contributed by atoms with Gasteiger partial charge in [-0.05, 0) is 24.6 Å². The highest BCUT2D eigenvalue weighted by Crippen LogP contribution is 2.17. The van der Waals surface area contributed by atoms with Gasteiger partial charge in [0, 0.05) is 11.7 Å². The maximum Gasteiger partial charge on any atom is 0.0938 e. The van der Waals surface area contributed by atoms with E-state index in [9.17, 15) is 5.11 Å². The summed E-state index contributed by atoms with van der Waals surface area (Å²) in [6.45, 7) is 1.76. The summed E-state index contributed by atoms with van der Waals surface area (Å²) < 4.78 is 0. The average molecular weight is 166 g/mol. The van der Waals surface area contributed by atoms with Gasteiger partial charge in [0.15, 0.2) is 0 Å². The Labute approximate surface area is 72.0 Å². The minimum atomic E-state index is -0.631. The van der Waals surface area contributed by atoms with E-state index in [1.165, 1.54) is 0 Å². The van der Waals surface area contributed by atoms with E-state index in [1.54, 1.807) is 25.1 Å². The van der Waals surface area contributed by atoms with Crippen LogP contribution in [0.3, 0.4) is 0 Å². The Morgan fingerprint density at radius 1 is 1.42 bits per heavy atom. The third-order valence-electron chi connectivity index (χ3n) is 1.75. The summed E-state index contributed by atoms with van der Waals surface area (Å²) in [7, 11) is 0. The molecule has 3 nitrogen and oxygen atoms in total. The Morgan fingerprint density at radius 2 is 2.08 bits per heavy atom. The molecule has 12 heavy (non-hydrogen) atoms. The molecule has 0 aliphatic rings. The van der Waals surface area contributed by atoms with Crippen molar-refractivity contribution in [2.45, 2.75) is 19.1 Å². The summed E-state index contributed by atoms with van der Waals surface area (Å²) in [6.07, 6.45) is -0.631. The van der Waals surface area contributed by atoms with Crippen molar-refractivity contribution in [3.63, 3.8) is 0 Å². The van der Waals surface area contributed by atoms with Crippen molar-refractivity contribution in [2.24, 2.45) is 5.73 Å². The molecule has 0 radical (unpaired) electrons. The van der Waals surface area contributed by atoms with Crippen molar-refractivity contribution < 1.29 is 5.11 Å². The Hall–Kier alpha value is -1.06. The van der Waals surface area contributed by atoms with Gasteiger partial charge in [-0.25, -0.2) is 0 Å². The molecule has 1 aromatic carbocycles. The zero-order valence-corrected chi connectivity index (χ0v) is 7.07. The largest absolute Gasteiger partial charge is 0.399 e. The molecular weight excluding hydrogens is 152 g/mol. The fourth-order valence-electron chi connectivity index (χ4n) is 1.05. The number of nitrogens with two attached hydrogens (primary N) is 2. The van der Waals surface area contributed by atoms with Crippen molar-refractivity contribution >= 4 is 5.69 Å². The van der Waals surface area contributed by atoms with E-state index in [0.29, 0.717) is 5.69 Å². The van der Waals surface area contributed by atoms with E-state index in [4.69, 9.17) is 11.5 Å². The monoisotopic (exact) mass is 166 g/mol. The predicted octanol–water partition coefficient (Wildman–Crippen LogP) is 0.649. The molecule has 1 aromatic rings. The molecule has 0 aliphatic heterocycles. The third-order valence-corrected chi connectivity index (χ3v) is 1.75. The minimum Gasteiger partial charge on any atom is -0.399 e. The number of rotatable bonds is 2. The second-order valence-corrected chi connectivity index (χ2v) is 2.97. The number of hydrogen-bond acceptors (Lipinski definition) is 3. The molecule has 0 fully saturated rings. The average Bonchev–Trinajstić information content (AvgIpc) is 2.03. The summed E-state index contributed by atoms with van der Waals surface area (Å²) in [6, 6.07) is 6.85. The lowest BCUT2D eigenvalue weighted by atomic mass is 10.0. The topological polar surface area (TPSA) is 72.3 Å². The molecular formula is C9H14N2O. The molecule has 1 rings (SSSR count). The van der Waals surface area contributed by atoms with Crippen LogP contribution >= 0.6 is 0 Å². The maximum absolute atomic E-state index is 9.54. The van der Waals surface area contributed by atoms with Gasteiger partial charge in [0.25, 0.3) is 0 Å². The van der Waals surface area contributed by atoms with Crippen LogP contribution in [0.4, 0.5) is 5.69 Å². The Bertz CT molecular complexity index is 260. The molecule has 2 atom stereocenters. The summed E-state index contributed by atoms with van der Waals surface area (Å²) in [5, 5.41) is 9.54. The van der Waals surface area contributed by atoms with Gasteiger partial charge in [0.05, 0.1) is 6.10 Å². The molecule has 5 N–H and O–H groups in total. The van der Waals surface area contributed by atoms with Gasteiger partial charge in [-0.2, -0.15) is 0 Å².